The van der Waals surface area contributed by atoms with Crippen LogP contribution in [0, 0.1) is 0 Å². The molecule has 0 saturated carbocycles. The molecule has 2 aromatic carbocycles. The van der Waals surface area contributed by atoms with Gasteiger partial charge in [-0.2, -0.15) is 0 Å². The highest BCUT2D eigenvalue weighted by atomic mass is 79.9. The minimum absolute atomic E-state index is 0.00418. The van der Waals surface area contributed by atoms with E-state index in [-0.39, 0.29) is 23.0 Å². The molecule has 0 aliphatic heterocycles. The van der Waals surface area contributed by atoms with Crippen LogP contribution < -0.4 is 5.32 Å². The van der Waals surface area contributed by atoms with Crippen LogP contribution >= 0.6 is 27.5 Å². The molecule has 0 saturated heterocycles. The van der Waals surface area contributed by atoms with Gasteiger partial charge < -0.3 is 14.6 Å². The van der Waals surface area contributed by atoms with Crippen LogP contribution in [0.4, 0.5) is 5.69 Å². The second-order valence-electron chi connectivity index (χ2n) is 6.37. The molecule has 0 aliphatic carbocycles. The minimum Gasteiger partial charge on any atom is -0.462 e. The quantitative estimate of drug-likeness (QED) is 0.380. The molecule has 1 N–H and O–H groups in total. The van der Waals surface area contributed by atoms with E-state index in [9.17, 15) is 14.4 Å². The third kappa shape index (κ3) is 4.86. The zero-order valence-electron chi connectivity index (χ0n) is 15.6. The van der Waals surface area contributed by atoms with E-state index >= 15 is 0 Å². The summed E-state index contributed by atoms with van der Waals surface area (Å²) in [5, 5.41) is 3.76. The van der Waals surface area contributed by atoms with Crippen molar-refractivity contribution in [2.45, 2.75) is 19.9 Å². The Labute approximate surface area is 180 Å². The highest BCUT2D eigenvalue weighted by Crippen LogP contribution is 2.25. The van der Waals surface area contributed by atoms with Gasteiger partial charge in [0, 0.05) is 32.8 Å². The number of nitrogens with zero attached hydrogens (tertiary/aromatic N) is 1. The van der Waals surface area contributed by atoms with Gasteiger partial charge in [0.05, 0.1) is 17.2 Å². The summed E-state index contributed by atoms with van der Waals surface area (Å²) in [6.45, 7) is 2.19. The fraction of sp³-hybridized carbons (Fsp3) is 0.190. The minimum atomic E-state index is -0.537. The second kappa shape index (κ2) is 9.24. The van der Waals surface area contributed by atoms with Crippen molar-refractivity contribution in [1.29, 1.82) is 0 Å². The predicted molar refractivity (Wildman–Crippen MR) is 116 cm³/mol. The lowest BCUT2D eigenvalue weighted by Crippen LogP contribution is -2.18. The third-order valence-corrected chi connectivity index (χ3v) is 5.05. The molecule has 0 unspecified atom stereocenters. The molecule has 29 heavy (non-hydrogen) atoms. The lowest BCUT2D eigenvalue weighted by molar-refractivity contribution is -0.116. The summed E-state index contributed by atoms with van der Waals surface area (Å²) in [7, 11) is 0. The molecule has 1 heterocycles. The first-order valence-corrected chi connectivity index (χ1v) is 10.1. The summed E-state index contributed by atoms with van der Waals surface area (Å²) in [4.78, 5) is 36.0. The van der Waals surface area contributed by atoms with Crippen LogP contribution in [0.1, 0.15) is 34.1 Å². The summed E-state index contributed by atoms with van der Waals surface area (Å²) in [5.74, 6) is -0.844. The first-order valence-electron chi connectivity index (χ1n) is 8.93. The molecule has 0 spiro atoms. The monoisotopic (exact) mass is 476 g/mol. The van der Waals surface area contributed by atoms with Crippen LogP contribution in [0.25, 0.3) is 10.9 Å². The lowest BCUT2D eigenvalue weighted by Gasteiger charge is -2.10. The van der Waals surface area contributed by atoms with Gasteiger partial charge in [0.25, 0.3) is 0 Å². The number of carbonyl (C=O) groups is 3. The Morgan fingerprint density at radius 1 is 1.24 bits per heavy atom. The number of halogens is 2. The molecular formula is C21H18BrClN2O4. The maximum atomic E-state index is 12.5. The highest BCUT2D eigenvalue weighted by molar-refractivity contribution is 9.10. The Bertz CT molecular complexity index is 1090. The van der Waals surface area contributed by atoms with Crippen molar-refractivity contribution >= 4 is 62.3 Å². The number of esters is 1. The van der Waals surface area contributed by atoms with E-state index in [0.29, 0.717) is 24.3 Å². The molecule has 3 aromatic rings. The molecule has 0 aliphatic rings. The van der Waals surface area contributed by atoms with E-state index in [2.05, 4.69) is 21.2 Å². The van der Waals surface area contributed by atoms with Gasteiger partial charge in [-0.25, -0.2) is 4.79 Å². The van der Waals surface area contributed by atoms with E-state index in [1.165, 1.54) is 12.1 Å². The average molecular weight is 478 g/mol. The van der Waals surface area contributed by atoms with E-state index in [1.807, 2.05) is 25.1 Å². The van der Waals surface area contributed by atoms with Crippen LogP contribution in [0.2, 0.25) is 5.02 Å². The fourth-order valence-corrected chi connectivity index (χ4v) is 3.46. The molecule has 0 radical (unpaired) electrons. The zero-order valence-corrected chi connectivity index (χ0v) is 17.9. The Morgan fingerprint density at radius 3 is 2.76 bits per heavy atom. The van der Waals surface area contributed by atoms with Gasteiger partial charge in [0.15, 0.2) is 6.29 Å². The van der Waals surface area contributed by atoms with Gasteiger partial charge >= 0.3 is 5.97 Å². The maximum absolute atomic E-state index is 12.5. The topological polar surface area (TPSA) is 77.4 Å². The summed E-state index contributed by atoms with van der Waals surface area (Å²) >= 11 is 9.47. The molecular weight excluding hydrogens is 460 g/mol. The van der Waals surface area contributed by atoms with Crippen LogP contribution in [0.15, 0.2) is 47.1 Å². The van der Waals surface area contributed by atoms with Gasteiger partial charge in [-0.1, -0.05) is 34.5 Å². The van der Waals surface area contributed by atoms with E-state index in [1.54, 1.807) is 16.8 Å². The van der Waals surface area contributed by atoms with Crippen LogP contribution in [-0.2, 0) is 16.1 Å². The largest absolute Gasteiger partial charge is 0.462 e. The number of rotatable bonds is 7. The zero-order chi connectivity index (χ0) is 21.0. The summed E-state index contributed by atoms with van der Waals surface area (Å²) < 4.78 is 7.66. The van der Waals surface area contributed by atoms with Gasteiger partial charge in [-0.3, -0.25) is 9.59 Å². The number of ether oxygens (including phenoxy) is 1. The first-order chi connectivity index (χ1) is 13.9. The molecule has 0 atom stereocenters. The number of carbonyl (C=O) groups excluding carboxylic acids is 3. The normalized spacial score (nSPS) is 10.7. The molecule has 3 rings (SSSR count). The van der Waals surface area contributed by atoms with E-state index < -0.39 is 5.97 Å². The molecule has 150 valence electrons. The van der Waals surface area contributed by atoms with Crippen molar-refractivity contribution in [2.24, 2.45) is 0 Å². The van der Waals surface area contributed by atoms with Crippen molar-refractivity contribution in [2.75, 3.05) is 11.9 Å². The van der Waals surface area contributed by atoms with Gasteiger partial charge in [-0.15, -0.1) is 0 Å². The highest BCUT2D eigenvalue weighted by Gasteiger charge is 2.15. The van der Waals surface area contributed by atoms with Crippen molar-refractivity contribution in [3.8, 4) is 0 Å². The Balaban J connectivity index is 1.79. The number of hydrogen-bond acceptors (Lipinski definition) is 4. The molecule has 0 bridgehead atoms. The fourth-order valence-electron chi connectivity index (χ4n) is 2.91. The number of aromatic nitrogens is 1. The Kier molecular flexibility index (Phi) is 6.71. The number of nitrogens with one attached hydrogen (secondary N) is 1. The number of fused-ring (bicyclic) bond motifs is 1. The third-order valence-electron chi connectivity index (χ3n) is 4.22. The smallest absolute Gasteiger partial charge is 0.339 e. The van der Waals surface area contributed by atoms with Crippen molar-refractivity contribution in [3.05, 3.63) is 63.2 Å². The van der Waals surface area contributed by atoms with E-state index in [0.717, 1.165) is 21.7 Å². The SMILES string of the molecule is CCCOC(=O)c1cc(NC(=O)Cn2cc(C=O)c3cc(Br)ccc32)ccc1Cl. The Morgan fingerprint density at radius 2 is 2.03 bits per heavy atom. The van der Waals surface area contributed by atoms with Gasteiger partial charge in [0.1, 0.15) is 6.54 Å². The number of anilines is 1. The molecule has 8 heteroatoms. The van der Waals surface area contributed by atoms with Gasteiger partial charge in [-0.05, 0) is 42.8 Å². The molecule has 1 amide bonds. The maximum Gasteiger partial charge on any atom is 0.339 e. The molecule has 1 aromatic heterocycles. The van der Waals surface area contributed by atoms with Crippen molar-refractivity contribution < 1.29 is 19.1 Å². The lowest BCUT2D eigenvalue weighted by atomic mass is 10.2. The van der Waals surface area contributed by atoms with E-state index in [4.69, 9.17) is 16.3 Å². The summed E-state index contributed by atoms with van der Waals surface area (Å²) in [6, 6.07) is 10.1. The average Bonchev–Trinajstić information content (AvgIpc) is 3.04. The Hall–Kier alpha value is -2.64. The van der Waals surface area contributed by atoms with Crippen LogP contribution in [-0.4, -0.2) is 29.3 Å². The number of amides is 1. The predicted octanol–water partition coefficient (Wildman–Crippen LogP) is 5.08. The van der Waals surface area contributed by atoms with Crippen molar-refractivity contribution in [3.63, 3.8) is 0 Å². The summed E-state index contributed by atoms with van der Waals surface area (Å²) in [6.07, 6.45) is 3.10. The standard InChI is InChI=1S/C21H18BrClN2O4/c1-2-7-29-21(28)17-9-15(4-5-18(17)23)24-20(27)11-25-10-13(12-26)16-8-14(22)3-6-19(16)25/h3-6,8-10,12H,2,7,11H2,1H3,(H,24,27). The molecule has 0 fully saturated rings. The molecule has 6 nitrogen and oxygen atoms in total. The number of benzene rings is 2. The van der Waals surface area contributed by atoms with Gasteiger partial charge in [0.2, 0.25) is 5.91 Å². The van der Waals surface area contributed by atoms with Crippen LogP contribution in [0.3, 0.4) is 0 Å². The number of hydrogen-bond donors (Lipinski definition) is 1. The second-order valence-corrected chi connectivity index (χ2v) is 7.69. The van der Waals surface area contributed by atoms with Crippen LogP contribution in [0.5, 0.6) is 0 Å². The van der Waals surface area contributed by atoms with Crippen molar-refractivity contribution in [1.82, 2.24) is 4.57 Å². The summed E-state index contributed by atoms with van der Waals surface area (Å²) in [5.41, 5.74) is 1.89. The first kappa shape index (κ1) is 21.1. The number of aldehydes is 1.